The Morgan fingerprint density at radius 1 is 1.20 bits per heavy atom. The number of ether oxygens (including phenoxy) is 2. The number of benzene rings is 1. The maximum atomic E-state index is 10.2. The predicted molar refractivity (Wildman–Crippen MR) is 58.4 cm³/mol. The number of rotatable bonds is 2. The number of carbonyl (C=O) groups excluding carboxylic acids is 1. The summed E-state index contributed by atoms with van der Waals surface area (Å²) in [5.41, 5.74) is 0.667. The van der Waals surface area contributed by atoms with E-state index in [1.54, 1.807) is 31.4 Å². The van der Waals surface area contributed by atoms with Crippen molar-refractivity contribution in [3.05, 3.63) is 29.8 Å². The Labute approximate surface area is 90.0 Å². The first-order valence-electron chi connectivity index (χ1n) is 5.04. The van der Waals surface area contributed by atoms with Crippen molar-refractivity contribution in [2.75, 3.05) is 20.3 Å². The Morgan fingerprint density at radius 2 is 1.80 bits per heavy atom. The lowest BCUT2D eigenvalue weighted by molar-refractivity contribution is 0.112. The van der Waals surface area contributed by atoms with Gasteiger partial charge >= 0.3 is 0 Å². The van der Waals surface area contributed by atoms with Crippen molar-refractivity contribution in [1.29, 1.82) is 0 Å². The van der Waals surface area contributed by atoms with E-state index in [9.17, 15) is 4.79 Å². The highest BCUT2D eigenvalue weighted by molar-refractivity contribution is 5.74. The van der Waals surface area contributed by atoms with Crippen LogP contribution in [0.2, 0.25) is 0 Å². The smallest absolute Gasteiger partial charge is 0.150 e. The zero-order valence-electron chi connectivity index (χ0n) is 8.94. The molecule has 0 N–H and O–H groups in total. The minimum atomic E-state index is 0.667. The number of aldehydes is 1. The first kappa shape index (κ1) is 11.7. The van der Waals surface area contributed by atoms with E-state index in [4.69, 9.17) is 9.47 Å². The van der Waals surface area contributed by atoms with Gasteiger partial charge in [-0.05, 0) is 37.1 Å². The molecule has 0 radical (unpaired) electrons. The van der Waals surface area contributed by atoms with Crippen LogP contribution in [0.4, 0.5) is 0 Å². The summed E-state index contributed by atoms with van der Waals surface area (Å²) in [5, 5.41) is 0. The standard InChI is InChI=1S/C8H8O2.C4H8O/c1-10-8-4-2-7(6-9)3-5-8;1-2-4-5-3-1/h2-6H,1H3;1-4H2. The molecule has 1 saturated heterocycles. The summed E-state index contributed by atoms with van der Waals surface area (Å²) in [6.45, 7) is 2.00. The van der Waals surface area contributed by atoms with Crippen molar-refractivity contribution in [2.24, 2.45) is 0 Å². The van der Waals surface area contributed by atoms with Crippen molar-refractivity contribution in [3.63, 3.8) is 0 Å². The SMILES string of the molecule is C1CCOC1.COc1ccc(C=O)cc1. The molecule has 0 bridgehead atoms. The van der Waals surface area contributed by atoms with Gasteiger partial charge in [-0.25, -0.2) is 0 Å². The second kappa shape index (κ2) is 7.01. The Hall–Kier alpha value is -1.35. The number of hydrogen-bond donors (Lipinski definition) is 0. The topological polar surface area (TPSA) is 35.5 Å². The largest absolute Gasteiger partial charge is 0.497 e. The number of methoxy groups -OCH3 is 1. The summed E-state index contributed by atoms with van der Waals surface area (Å²) >= 11 is 0. The summed E-state index contributed by atoms with van der Waals surface area (Å²) in [6.07, 6.45) is 3.36. The molecule has 1 heterocycles. The number of carbonyl (C=O) groups is 1. The minimum absolute atomic E-state index is 0.667. The van der Waals surface area contributed by atoms with E-state index in [-0.39, 0.29) is 0 Å². The van der Waals surface area contributed by atoms with Crippen molar-refractivity contribution in [2.45, 2.75) is 12.8 Å². The van der Waals surface area contributed by atoms with Gasteiger partial charge in [-0.15, -0.1) is 0 Å². The molecule has 1 aliphatic heterocycles. The quantitative estimate of drug-likeness (QED) is 0.699. The van der Waals surface area contributed by atoms with Crippen LogP contribution in [0.1, 0.15) is 23.2 Å². The van der Waals surface area contributed by atoms with Gasteiger partial charge in [0.15, 0.2) is 0 Å². The monoisotopic (exact) mass is 208 g/mol. The van der Waals surface area contributed by atoms with Crippen LogP contribution in [0.25, 0.3) is 0 Å². The fraction of sp³-hybridized carbons (Fsp3) is 0.417. The van der Waals surface area contributed by atoms with E-state index in [1.165, 1.54) is 12.8 Å². The van der Waals surface area contributed by atoms with Gasteiger partial charge in [0.05, 0.1) is 7.11 Å². The van der Waals surface area contributed by atoms with Crippen LogP contribution < -0.4 is 4.74 Å². The second-order valence-electron chi connectivity index (χ2n) is 3.21. The first-order chi connectivity index (χ1) is 7.36. The third-order valence-electron chi connectivity index (χ3n) is 2.08. The third kappa shape index (κ3) is 4.61. The van der Waals surface area contributed by atoms with Crippen molar-refractivity contribution in [1.82, 2.24) is 0 Å². The normalized spacial score (nSPS) is 13.9. The first-order valence-corrected chi connectivity index (χ1v) is 5.04. The fourth-order valence-electron chi connectivity index (χ4n) is 1.19. The van der Waals surface area contributed by atoms with Gasteiger partial charge in [0.25, 0.3) is 0 Å². The van der Waals surface area contributed by atoms with Crippen LogP contribution in [-0.4, -0.2) is 26.6 Å². The highest BCUT2D eigenvalue weighted by atomic mass is 16.5. The van der Waals surface area contributed by atoms with Crippen molar-refractivity contribution in [3.8, 4) is 5.75 Å². The molecule has 3 heteroatoms. The summed E-state index contributed by atoms with van der Waals surface area (Å²) in [4.78, 5) is 10.2. The van der Waals surface area contributed by atoms with Gasteiger partial charge in [-0.1, -0.05) is 0 Å². The van der Waals surface area contributed by atoms with Crippen molar-refractivity contribution >= 4 is 6.29 Å². The molecule has 0 amide bonds. The Balaban J connectivity index is 0.000000187. The lowest BCUT2D eigenvalue weighted by Gasteiger charge is -1.96. The molecule has 1 fully saturated rings. The van der Waals surface area contributed by atoms with Crippen LogP contribution in [-0.2, 0) is 4.74 Å². The average Bonchev–Trinajstić information content (AvgIpc) is 2.88. The molecule has 0 unspecified atom stereocenters. The van der Waals surface area contributed by atoms with E-state index in [0.29, 0.717) is 5.56 Å². The van der Waals surface area contributed by atoms with Crippen molar-refractivity contribution < 1.29 is 14.3 Å². The molecule has 0 saturated carbocycles. The fourth-order valence-corrected chi connectivity index (χ4v) is 1.19. The number of hydrogen-bond acceptors (Lipinski definition) is 3. The van der Waals surface area contributed by atoms with Gasteiger partial charge in [0, 0.05) is 18.8 Å². The molecular weight excluding hydrogens is 192 g/mol. The van der Waals surface area contributed by atoms with E-state index in [0.717, 1.165) is 25.2 Å². The zero-order chi connectivity index (χ0) is 10.9. The van der Waals surface area contributed by atoms with Gasteiger partial charge in [0.1, 0.15) is 12.0 Å². The predicted octanol–water partition coefficient (Wildman–Crippen LogP) is 2.30. The van der Waals surface area contributed by atoms with Crippen LogP contribution in [0.5, 0.6) is 5.75 Å². The van der Waals surface area contributed by atoms with Crippen LogP contribution in [0, 0.1) is 0 Å². The van der Waals surface area contributed by atoms with E-state index in [2.05, 4.69) is 0 Å². The molecule has 1 aliphatic rings. The molecule has 3 nitrogen and oxygen atoms in total. The lowest BCUT2D eigenvalue weighted by atomic mass is 10.2. The summed E-state index contributed by atoms with van der Waals surface area (Å²) in [7, 11) is 1.59. The zero-order valence-corrected chi connectivity index (χ0v) is 8.94. The molecule has 82 valence electrons. The summed E-state index contributed by atoms with van der Waals surface area (Å²) in [5.74, 6) is 0.769. The maximum absolute atomic E-state index is 10.2. The average molecular weight is 208 g/mol. The molecule has 0 aromatic heterocycles. The highest BCUT2D eigenvalue weighted by Crippen LogP contribution is 2.09. The maximum Gasteiger partial charge on any atom is 0.150 e. The van der Waals surface area contributed by atoms with Gasteiger partial charge in [-0.3, -0.25) is 4.79 Å². The van der Waals surface area contributed by atoms with Gasteiger partial charge in [-0.2, -0.15) is 0 Å². The molecular formula is C12H16O3. The second-order valence-corrected chi connectivity index (χ2v) is 3.21. The minimum Gasteiger partial charge on any atom is -0.497 e. The molecule has 0 aliphatic carbocycles. The van der Waals surface area contributed by atoms with Crippen LogP contribution in [0.3, 0.4) is 0 Å². The van der Waals surface area contributed by atoms with Crippen LogP contribution in [0.15, 0.2) is 24.3 Å². The van der Waals surface area contributed by atoms with E-state index in [1.807, 2.05) is 0 Å². The molecule has 1 aromatic carbocycles. The Kier molecular flexibility index (Phi) is 5.48. The molecule has 2 rings (SSSR count). The molecule has 0 atom stereocenters. The Bertz CT molecular complexity index is 268. The molecule has 1 aromatic rings. The Morgan fingerprint density at radius 3 is 2.13 bits per heavy atom. The van der Waals surface area contributed by atoms with E-state index < -0.39 is 0 Å². The van der Waals surface area contributed by atoms with Crippen LogP contribution >= 0.6 is 0 Å². The highest BCUT2D eigenvalue weighted by Gasteiger charge is 1.94. The third-order valence-corrected chi connectivity index (χ3v) is 2.08. The molecule has 15 heavy (non-hydrogen) atoms. The summed E-state index contributed by atoms with van der Waals surface area (Å²) in [6, 6.07) is 6.94. The lowest BCUT2D eigenvalue weighted by Crippen LogP contribution is -1.82. The van der Waals surface area contributed by atoms with Gasteiger partial charge in [0.2, 0.25) is 0 Å². The molecule has 0 spiro atoms. The van der Waals surface area contributed by atoms with Gasteiger partial charge < -0.3 is 9.47 Å². The summed E-state index contributed by atoms with van der Waals surface area (Å²) < 4.78 is 9.84. The van der Waals surface area contributed by atoms with E-state index >= 15 is 0 Å².